The highest BCUT2D eigenvalue weighted by atomic mass is 32.2. The average molecular weight is 685 g/mol. The Hall–Kier alpha value is -3.42. The molecule has 2 aromatic rings. The number of sulfonamides is 1. The van der Waals surface area contributed by atoms with Gasteiger partial charge >= 0.3 is 0 Å². The SMILES string of the molecule is CC.CCC.Cc1ccccc1CNC=O.Cc1nc(N2CCN(S(=O)(=O)C3=CCC=C(C(C)(F)F)C=C3)CC2)sc1C.O=CO. The van der Waals surface area contributed by atoms with E-state index in [0.717, 1.165) is 22.6 Å². The van der Waals surface area contributed by atoms with Crippen molar-refractivity contribution in [2.24, 2.45) is 0 Å². The van der Waals surface area contributed by atoms with E-state index in [1.54, 1.807) is 11.3 Å². The number of thiazole rings is 1. The van der Waals surface area contributed by atoms with Gasteiger partial charge in [0.1, 0.15) is 0 Å². The summed E-state index contributed by atoms with van der Waals surface area (Å²) in [5.41, 5.74) is 3.21. The molecule has 1 aliphatic carbocycles. The van der Waals surface area contributed by atoms with E-state index in [2.05, 4.69) is 29.0 Å². The molecular weight excluding hydrogens is 635 g/mol. The second-order valence-corrected chi connectivity index (χ2v) is 13.1. The molecule has 1 saturated heterocycles. The highest BCUT2D eigenvalue weighted by Gasteiger charge is 2.32. The summed E-state index contributed by atoms with van der Waals surface area (Å²) in [6, 6.07) is 7.99. The topological polar surface area (TPSA) is 120 Å². The number of benzene rings is 1. The molecule has 0 saturated carbocycles. The second kappa shape index (κ2) is 22.2. The number of aryl methyl sites for hydroxylation is 3. The van der Waals surface area contributed by atoms with Crippen LogP contribution in [0, 0.1) is 20.8 Å². The van der Waals surface area contributed by atoms with E-state index in [1.165, 1.54) is 46.2 Å². The van der Waals surface area contributed by atoms with E-state index < -0.39 is 15.9 Å². The van der Waals surface area contributed by atoms with Crippen molar-refractivity contribution in [2.45, 2.75) is 80.7 Å². The van der Waals surface area contributed by atoms with E-state index in [9.17, 15) is 22.0 Å². The summed E-state index contributed by atoms with van der Waals surface area (Å²) in [7, 11) is -3.70. The van der Waals surface area contributed by atoms with Crippen molar-refractivity contribution in [3.63, 3.8) is 0 Å². The third kappa shape index (κ3) is 14.3. The molecule has 1 aromatic carbocycles. The molecular formula is C33H50F2N4O5S2. The number of hydrogen-bond acceptors (Lipinski definition) is 7. The molecule has 1 aromatic heterocycles. The molecule has 0 bridgehead atoms. The van der Waals surface area contributed by atoms with Crippen molar-refractivity contribution >= 4 is 39.4 Å². The number of piperazine rings is 1. The lowest BCUT2D eigenvalue weighted by Gasteiger charge is -2.34. The highest BCUT2D eigenvalue weighted by molar-refractivity contribution is 7.93. The molecule has 1 aliphatic heterocycles. The first kappa shape index (κ1) is 42.6. The molecule has 1 amide bonds. The Balaban J connectivity index is 0.000000880. The minimum absolute atomic E-state index is 0.0763. The van der Waals surface area contributed by atoms with E-state index >= 15 is 0 Å². The Morgan fingerprint density at radius 1 is 1.02 bits per heavy atom. The predicted molar refractivity (Wildman–Crippen MR) is 185 cm³/mol. The molecule has 13 heteroatoms. The van der Waals surface area contributed by atoms with Gasteiger partial charge in [-0.2, -0.15) is 4.31 Å². The number of amides is 1. The Kier molecular flexibility index (Phi) is 20.5. The van der Waals surface area contributed by atoms with Gasteiger partial charge in [0.15, 0.2) is 5.13 Å². The number of halogens is 2. The number of carbonyl (C=O) groups is 2. The first-order valence-electron chi connectivity index (χ1n) is 15.2. The van der Waals surface area contributed by atoms with Crippen LogP contribution >= 0.6 is 11.3 Å². The molecule has 46 heavy (non-hydrogen) atoms. The largest absolute Gasteiger partial charge is 0.483 e. The number of carbonyl (C=O) groups excluding carboxylic acids is 1. The Bertz CT molecular complexity index is 1370. The first-order chi connectivity index (χ1) is 21.8. The van der Waals surface area contributed by atoms with Crippen LogP contribution < -0.4 is 10.2 Å². The summed E-state index contributed by atoms with van der Waals surface area (Å²) in [5, 5.41) is 10.4. The molecule has 2 aliphatic rings. The lowest BCUT2D eigenvalue weighted by atomic mass is 10.1. The molecule has 0 spiro atoms. The Labute approximate surface area is 277 Å². The van der Waals surface area contributed by atoms with Crippen molar-refractivity contribution in [3.8, 4) is 0 Å². The minimum Gasteiger partial charge on any atom is -0.483 e. The highest BCUT2D eigenvalue weighted by Crippen LogP contribution is 2.30. The molecule has 0 radical (unpaired) electrons. The van der Waals surface area contributed by atoms with Gasteiger partial charge in [-0.3, -0.25) is 9.59 Å². The van der Waals surface area contributed by atoms with Crippen LogP contribution in [0.15, 0.2) is 59.0 Å². The first-order valence-corrected chi connectivity index (χ1v) is 17.5. The number of carboxylic acid groups (broad SMARTS) is 1. The lowest BCUT2D eigenvalue weighted by molar-refractivity contribution is -0.122. The van der Waals surface area contributed by atoms with E-state index in [0.29, 0.717) is 39.1 Å². The summed E-state index contributed by atoms with van der Waals surface area (Å²) >= 11 is 1.61. The summed E-state index contributed by atoms with van der Waals surface area (Å²) < 4.78 is 54.2. The quantitative estimate of drug-likeness (QED) is 0.301. The van der Waals surface area contributed by atoms with Crippen LogP contribution in [0.1, 0.15) is 69.2 Å². The number of anilines is 1. The molecule has 0 unspecified atom stereocenters. The van der Waals surface area contributed by atoms with Crippen LogP contribution in [0.4, 0.5) is 13.9 Å². The fourth-order valence-electron chi connectivity index (χ4n) is 3.95. The predicted octanol–water partition coefficient (Wildman–Crippen LogP) is 7.02. The van der Waals surface area contributed by atoms with Crippen molar-refractivity contribution in [3.05, 3.63) is 80.7 Å². The van der Waals surface area contributed by atoms with Gasteiger partial charge < -0.3 is 15.3 Å². The smallest absolute Gasteiger partial charge is 0.290 e. The fraction of sp³-hybridized carbons (Fsp3) is 0.485. The summed E-state index contributed by atoms with van der Waals surface area (Å²) in [6.45, 7) is 17.2. The Morgan fingerprint density at radius 3 is 2.07 bits per heavy atom. The van der Waals surface area contributed by atoms with E-state index in [1.807, 2.05) is 58.9 Å². The van der Waals surface area contributed by atoms with Crippen LogP contribution in [-0.4, -0.2) is 67.8 Å². The lowest BCUT2D eigenvalue weighted by Crippen LogP contribution is -2.48. The van der Waals surface area contributed by atoms with E-state index in [-0.39, 0.29) is 23.4 Å². The third-order valence-corrected chi connectivity index (χ3v) is 9.47. The number of nitrogens with one attached hydrogen (secondary N) is 1. The molecule has 4 rings (SSSR count). The van der Waals surface area contributed by atoms with Gasteiger partial charge in [0.2, 0.25) is 16.4 Å². The van der Waals surface area contributed by atoms with Gasteiger partial charge in [0, 0.05) is 50.1 Å². The average Bonchev–Trinajstić information content (AvgIpc) is 3.19. The standard InChI is InChI=1S/C18H23F2N3O2S2.C9H11NO.C3H8.C2H6.CH2O2/c1-13-14(2)26-17(21-13)22-9-11-23(12-10-22)27(24,25)16-6-4-5-15(7-8-16)18(3,19)20;1-8-4-2-3-5-9(8)6-10-7-11;1-3-2;1-2;2-1-3/h5-8H,4,9-12H2,1-3H3;2-5,7H,6H2,1H3,(H,10,11);3H2,1-2H3;1-2H3;1H,(H,2,3). The monoisotopic (exact) mass is 684 g/mol. The zero-order chi connectivity index (χ0) is 35.3. The molecule has 1 fully saturated rings. The normalized spacial score (nSPS) is 14.5. The van der Waals surface area contributed by atoms with Gasteiger partial charge in [-0.25, -0.2) is 22.2 Å². The maximum Gasteiger partial charge on any atom is 0.290 e. The number of aromatic nitrogens is 1. The van der Waals surface area contributed by atoms with Gasteiger partial charge in [0.25, 0.3) is 12.4 Å². The maximum absolute atomic E-state index is 13.5. The summed E-state index contributed by atoms with van der Waals surface area (Å²) in [5.74, 6) is -2.99. The van der Waals surface area contributed by atoms with Crippen LogP contribution in [-0.2, 0) is 26.2 Å². The molecule has 9 nitrogen and oxygen atoms in total. The number of alkyl halides is 2. The van der Waals surface area contributed by atoms with Gasteiger partial charge in [-0.1, -0.05) is 76.6 Å². The number of allylic oxidation sites excluding steroid dienone is 5. The molecule has 258 valence electrons. The third-order valence-electron chi connectivity index (χ3n) is 6.39. The summed E-state index contributed by atoms with van der Waals surface area (Å²) in [6.07, 6.45) is 7.47. The van der Waals surface area contributed by atoms with Crippen molar-refractivity contribution < 1.29 is 31.9 Å². The van der Waals surface area contributed by atoms with Crippen LogP contribution in [0.25, 0.3) is 0 Å². The number of hydrogen-bond donors (Lipinski definition) is 2. The molecule has 2 heterocycles. The van der Waals surface area contributed by atoms with Gasteiger partial charge in [-0.15, -0.1) is 11.3 Å². The summed E-state index contributed by atoms with van der Waals surface area (Å²) in [4.78, 5) is 26.2. The Morgan fingerprint density at radius 2 is 1.59 bits per heavy atom. The molecule has 0 atom stereocenters. The van der Waals surface area contributed by atoms with Crippen LogP contribution in [0.3, 0.4) is 0 Å². The minimum atomic E-state index is -3.70. The van der Waals surface area contributed by atoms with Crippen molar-refractivity contribution in [2.75, 3.05) is 31.1 Å². The van der Waals surface area contributed by atoms with Gasteiger partial charge in [0.05, 0.1) is 10.6 Å². The van der Waals surface area contributed by atoms with Crippen LogP contribution in [0.5, 0.6) is 0 Å². The second-order valence-electron chi connectivity index (χ2n) is 9.99. The fourth-order valence-corrected chi connectivity index (χ4v) is 6.40. The van der Waals surface area contributed by atoms with E-state index in [4.69, 9.17) is 9.90 Å². The molecule has 2 N–H and O–H groups in total. The van der Waals surface area contributed by atoms with Crippen molar-refractivity contribution in [1.29, 1.82) is 0 Å². The van der Waals surface area contributed by atoms with Crippen LogP contribution in [0.2, 0.25) is 0 Å². The number of rotatable bonds is 7. The zero-order valence-corrected chi connectivity index (χ0v) is 29.9. The zero-order valence-electron chi connectivity index (χ0n) is 28.2. The maximum atomic E-state index is 13.5. The van der Waals surface area contributed by atoms with Gasteiger partial charge in [-0.05, 0) is 44.4 Å². The van der Waals surface area contributed by atoms with Crippen molar-refractivity contribution in [1.82, 2.24) is 14.6 Å². The number of nitrogens with zero attached hydrogens (tertiary/aromatic N) is 3.